The van der Waals surface area contributed by atoms with Gasteiger partial charge < -0.3 is 4.74 Å². The molecule has 28 heavy (non-hydrogen) atoms. The first kappa shape index (κ1) is 18.3. The number of carbonyl (C=O) groups excluding carboxylic acids is 1. The van der Waals surface area contributed by atoms with E-state index < -0.39 is 0 Å². The van der Waals surface area contributed by atoms with Gasteiger partial charge in [0.2, 0.25) is 0 Å². The van der Waals surface area contributed by atoms with E-state index in [1.807, 2.05) is 30.3 Å². The van der Waals surface area contributed by atoms with E-state index in [1.165, 1.54) is 51.4 Å². The van der Waals surface area contributed by atoms with Gasteiger partial charge >= 0.3 is 5.97 Å². The van der Waals surface area contributed by atoms with Gasteiger partial charge in [-0.1, -0.05) is 49.6 Å². The van der Waals surface area contributed by atoms with Crippen molar-refractivity contribution >= 4 is 5.97 Å². The maximum absolute atomic E-state index is 13.1. The quantitative estimate of drug-likeness (QED) is 0.475. The lowest BCUT2D eigenvalue weighted by Crippen LogP contribution is -2.39. The summed E-state index contributed by atoms with van der Waals surface area (Å²) in [5.41, 5.74) is 0.868. The van der Waals surface area contributed by atoms with E-state index in [1.54, 1.807) is 0 Å². The second kappa shape index (κ2) is 7.27. The Bertz CT molecular complexity index is 736. The maximum Gasteiger partial charge on any atom is 0.311 e. The van der Waals surface area contributed by atoms with Crippen molar-refractivity contribution in [3.05, 3.63) is 35.9 Å². The number of ether oxygens (including phenoxy) is 1. The van der Waals surface area contributed by atoms with Crippen LogP contribution in [0.15, 0.2) is 40.6 Å². The lowest BCUT2D eigenvalue weighted by atomic mass is 9.83. The molecule has 4 nitrogen and oxygen atoms in total. The highest BCUT2D eigenvalue weighted by atomic mass is 16.5. The Morgan fingerprint density at radius 3 is 2.39 bits per heavy atom. The smallest absolute Gasteiger partial charge is 0.311 e. The number of hydrogen-bond acceptors (Lipinski definition) is 4. The minimum absolute atomic E-state index is 0.0564. The minimum atomic E-state index is -0.280. The molecule has 150 valence electrons. The van der Waals surface area contributed by atoms with Crippen molar-refractivity contribution in [1.82, 2.24) is 0 Å². The van der Waals surface area contributed by atoms with E-state index in [4.69, 9.17) is 15.0 Å². The zero-order chi connectivity index (χ0) is 19.0. The van der Waals surface area contributed by atoms with Crippen LogP contribution in [0.4, 0.5) is 0 Å². The number of azo groups is 1. The molecule has 0 aliphatic heterocycles. The monoisotopic (exact) mass is 380 g/mol. The number of esters is 1. The molecule has 0 N–H and O–H groups in total. The molecule has 0 amide bonds. The largest absolute Gasteiger partial charge is 0.461 e. The molecule has 0 heterocycles. The lowest BCUT2D eigenvalue weighted by molar-refractivity contribution is -0.152. The van der Waals surface area contributed by atoms with Crippen LogP contribution in [-0.2, 0) is 16.1 Å². The van der Waals surface area contributed by atoms with Crippen molar-refractivity contribution in [2.75, 3.05) is 0 Å². The summed E-state index contributed by atoms with van der Waals surface area (Å²) in [6.07, 6.45) is 13.0. The minimum Gasteiger partial charge on any atom is -0.461 e. The van der Waals surface area contributed by atoms with Crippen LogP contribution in [0.5, 0.6) is 0 Å². The molecule has 1 aromatic carbocycles. The van der Waals surface area contributed by atoms with Crippen LogP contribution in [0.3, 0.4) is 0 Å². The number of carbonyl (C=O) groups is 1. The standard InChI is InChI=1S/C24H32N2O2/c27-22(28-17-18-7-2-1-3-8-18)21-13-12-20-11-6-16-24(20,21)26-25-23-14-4-9-19(23)10-5-15-23/h1-3,7-8,19-21H,4-6,9-17H2/t19?,20-,21+,23?,24-/m0/s1. The summed E-state index contributed by atoms with van der Waals surface area (Å²) in [7, 11) is 0. The first-order chi connectivity index (χ1) is 13.7. The Morgan fingerprint density at radius 1 is 0.893 bits per heavy atom. The summed E-state index contributed by atoms with van der Waals surface area (Å²) in [5, 5.41) is 10.2. The zero-order valence-electron chi connectivity index (χ0n) is 16.8. The normalized spacial score (nSPS) is 39.4. The molecule has 3 atom stereocenters. The topological polar surface area (TPSA) is 51.0 Å². The molecule has 0 saturated heterocycles. The second-order valence-corrected chi connectivity index (χ2v) is 9.59. The van der Waals surface area contributed by atoms with E-state index in [9.17, 15) is 4.79 Å². The molecule has 5 rings (SSSR count). The van der Waals surface area contributed by atoms with E-state index in [0.717, 1.165) is 30.7 Å². The first-order valence-electron chi connectivity index (χ1n) is 11.4. The van der Waals surface area contributed by atoms with E-state index >= 15 is 0 Å². The summed E-state index contributed by atoms with van der Waals surface area (Å²) in [5.74, 6) is 1.09. The van der Waals surface area contributed by atoms with Gasteiger partial charge in [-0.15, -0.1) is 0 Å². The van der Waals surface area contributed by atoms with Crippen molar-refractivity contribution in [3.63, 3.8) is 0 Å². The summed E-state index contributed by atoms with van der Waals surface area (Å²) in [4.78, 5) is 13.1. The van der Waals surface area contributed by atoms with Crippen LogP contribution < -0.4 is 0 Å². The molecule has 4 aliphatic rings. The fraction of sp³-hybridized carbons (Fsp3) is 0.708. The number of rotatable bonds is 5. The molecular weight excluding hydrogens is 348 g/mol. The van der Waals surface area contributed by atoms with Gasteiger partial charge in [-0.05, 0) is 68.8 Å². The summed E-state index contributed by atoms with van der Waals surface area (Å²) >= 11 is 0. The van der Waals surface area contributed by atoms with Gasteiger partial charge in [-0.25, -0.2) is 0 Å². The molecule has 4 heteroatoms. The van der Waals surface area contributed by atoms with Gasteiger partial charge in [-0.3, -0.25) is 4.79 Å². The average Bonchev–Trinajstić information content (AvgIpc) is 3.44. The van der Waals surface area contributed by atoms with Gasteiger partial charge in [0.1, 0.15) is 6.61 Å². The third-order valence-corrected chi connectivity index (χ3v) is 8.27. The van der Waals surface area contributed by atoms with E-state index in [-0.39, 0.29) is 23.0 Å². The van der Waals surface area contributed by atoms with Crippen molar-refractivity contribution in [2.45, 2.75) is 88.3 Å². The van der Waals surface area contributed by atoms with Gasteiger partial charge in [0.05, 0.1) is 17.0 Å². The Hall–Kier alpha value is -1.71. The van der Waals surface area contributed by atoms with E-state index in [0.29, 0.717) is 12.5 Å². The zero-order valence-corrected chi connectivity index (χ0v) is 16.8. The Labute approximate surface area is 168 Å². The van der Waals surface area contributed by atoms with Gasteiger partial charge in [-0.2, -0.15) is 10.2 Å². The molecule has 4 saturated carbocycles. The molecule has 0 radical (unpaired) electrons. The summed E-state index contributed by atoms with van der Waals surface area (Å²) < 4.78 is 5.76. The van der Waals surface area contributed by atoms with Crippen molar-refractivity contribution in [1.29, 1.82) is 0 Å². The predicted molar refractivity (Wildman–Crippen MR) is 108 cm³/mol. The van der Waals surface area contributed by atoms with Crippen LogP contribution in [0.1, 0.15) is 76.2 Å². The van der Waals surface area contributed by atoms with Crippen molar-refractivity contribution < 1.29 is 9.53 Å². The highest BCUT2D eigenvalue weighted by Gasteiger charge is 2.57. The summed E-state index contributed by atoms with van der Waals surface area (Å²) in [6.45, 7) is 0.361. The molecule has 0 spiro atoms. The van der Waals surface area contributed by atoms with Crippen molar-refractivity contribution in [2.24, 2.45) is 28.0 Å². The van der Waals surface area contributed by atoms with E-state index in [2.05, 4.69) is 0 Å². The maximum atomic E-state index is 13.1. The molecular formula is C24H32N2O2. The Balaban J connectivity index is 1.34. The molecule has 4 fully saturated rings. The molecule has 0 unspecified atom stereocenters. The van der Waals surface area contributed by atoms with Crippen LogP contribution >= 0.6 is 0 Å². The predicted octanol–water partition coefficient (Wildman–Crippen LogP) is 5.85. The highest BCUT2D eigenvalue weighted by Crippen LogP contribution is 2.56. The van der Waals surface area contributed by atoms with Crippen LogP contribution in [0.2, 0.25) is 0 Å². The average molecular weight is 381 g/mol. The van der Waals surface area contributed by atoms with Crippen LogP contribution in [0.25, 0.3) is 0 Å². The summed E-state index contributed by atoms with van der Waals surface area (Å²) in [6, 6.07) is 9.98. The molecule has 4 aliphatic carbocycles. The number of benzene rings is 1. The van der Waals surface area contributed by atoms with Crippen LogP contribution in [-0.4, -0.2) is 17.0 Å². The first-order valence-corrected chi connectivity index (χ1v) is 11.4. The number of nitrogens with zero attached hydrogens (tertiary/aromatic N) is 2. The van der Waals surface area contributed by atoms with Gasteiger partial charge in [0.15, 0.2) is 0 Å². The third-order valence-electron chi connectivity index (χ3n) is 8.27. The fourth-order valence-electron chi connectivity index (χ4n) is 6.81. The molecule has 1 aromatic rings. The SMILES string of the molecule is O=C(OCc1ccccc1)[C@H]1CC[C@@H]2CCC[C@]21N=NC12CCCC1CCC2. The number of hydrogen-bond donors (Lipinski definition) is 0. The Morgan fingerprint density at radius 2 is 1.61 bits per heavy atom. The lowest BCUT2D eigenvalue weighted by Gasteiger charge is -2.32. The van der Waals surface area contributed by atoms with Crippen molar-refractivity contribution in [3.8, 4) is 0 Å². The van der Waals surface area contributed by atoms with Crippen LogP contribution in [0, 0.1) is 17.8 Å². The molecule has 0 bridgehead atoms. The Kier molecular flexibility index (Phi) is 4.76. The third kappa shape index (κ3) is 3.00. The fourth-order valence-corrected chi connectivity index (χ4v) is 6.81. The highest BCUT2D eigenvalue weighted by molar-refractivity contribution is 5.75. The van der Waals surface area contributed by atoms with Gasteiger partial charge in [0.25, 0.3) is 0 Å². The molecule has 0 aromatic heterocycles. The second-order valence-electron chi connectivity index (χ2n) is 9.59. The number of fused-ring (bicyclic) bond motifs is 2. The van der Waals surface area contributed by atoms with Gasteiger partial charge in [0, 0.05) is 0 Å².